The van der Waals surface area contributed by atoms with Gasteiger partial charge in [-0.25, -0.2) is 4.39 Å². The maximum atomic E-state index is 12.5. The number of hydrogen-bond donors (Lipinski definition) is 2. The topological polar surface area (TPSA) is 12.0 Å². The van der Waals surface area contributed by atoms with Crippen molar-refractivity contribution in [3.63, 3.8) is 0 Å². The molecule has 0 radical (unpaired) electrons. The van der Waals surface area contributed by atoms with Crippen LogP contribution in [0.4, 0.5) is 4.39 Å². The van der Waals surface area contributed by atoms with Gasteiger partial charge >= 0.3 is 0 Å². The zero-order valence-corrected chi connectivity index (χ0v) is 7.81. The van der Waals surface area contributed by atoms with Gasteiger partial charge in [0.05, 0.1) is 0 Å². The van der Waals surface area contributed by atoms with Gasteiger partial charge in [-0.2, -0.15) is 12.6 Å². The van der Waals surface area contributed by atoms with E-state index in [9.17, 15) is 4.39 Å². The maximum absolute atomic E-state index is 12.5. The van der Waals surface area contributed by atoms with Gasteiger partial charge in [-0.3, -0.25) is 0 Å². The molecule has 0 spiro atoms. The molecule has 12 heavy (non-hydrogen) atoms. The normalized spacial score (nSPS) is 12.9. The minimum Gasteiger partial charge on any atom is -0.302 e. The van der Waals surface area contributed by atoms with Gasteiger partial charge < -0.3 is 5.32 Å². The largest absolute Gasteiger partial charge is 0.302 e. The van der Waals surface area contributed by atoms with E-state index in [0.717, 1.165) is 12.1 Å². The molecule has 0 aliphatic rings. The first kappa shape index (κ1) is 9.55. The Bertz CT molecular complexity index is 233. The molecule has 66 valence electrons. The average Bonchev–Trinajstić information content (AvgIpc) is 2.03. The summed E-state index contributed by atoms with van der Waals surface area (Å²) in [4.78, 5) is 0. The Balaban J connectivity index is 2.48. The summed E-state index contributed by atoms with van der Waals surface area (Å²) >= 11 is 4.16. The first-order valence-electron chi connectivity index (χ1n) is 3.84. The molecule has 1 rings (SSSR count). The van der Waals surface area contributed by atoms with Crippen molar-refractivity contribution in [1.82, 2.24) is 5.32 Å². The van der Waals surface area contributed by atoms with Crippen molar-refractivity contribution in [2.75, 3.05) is 0 Å². The van der Waals surface area contributed by atoms with Crippen LogP contribution in [0.25, 0.3) is 0 Å². The van der Waals surface area contributed by atoms with Gasteiger partial charge in [-0.1, -0.05) is 12.1 Å². The molecular formula is C9H12FNS. The highest BCUT2D eigenvalue weighted by Crippen LogP contribution is 2.02. The second-order valence-corrected chi connectivity index (χ2v) is 3.46. The molecular weight excluding hydrogens is 173 g/mol. The maximum Gasteiger partial charge on any atom is 0.123 e. The number of hydrogen-bond acceptors (Lipinski definition) is 2. The van der Waals surface area contributed by atoms with E-state index < -0.39 is 0 Å². The number of benzene rings is 1. The summed E-state index contributed by atoms with van der Waals surface area (Å²) in [5.74, 6) is -0.197. The summed E-state index contributed by atoms with van der Waals surface area (Å²) in [6.07, 6.45) is 0. The molecule has 0 saturated carbocycles. The molecule has 0 aliphatic carbocycles. The summed E-state index contributed by atoms with van der Waals surface area (Å²) in [5.41, 5.74) is 1.07. The third-order valence-corrected chi connectivity index (χ3v) is 1.70. The molecule has 1 atom stereocenters. The van der Waals surface area contributed by atoms with E-state index in [1.54, 1.807) is 12.1 Å². The number of halogens is 1. The highest BCUT2D eigenvalue weighted by Gasteiger charge is 1.95. The van der Waals surface area contributed by atoms with E-state index >= 15 is 0 Å². The summed E-state index contributed by atoms with van der Waals surface area (Å²) in [7, 11) is 0. The molecule has 0 saturated heterocycles. The van der Waals surface area contributed by atoms with Crippen molar-refractivity contribution < 1.29 is 4.39 Å². The van der Waals surface area contributed by atoms with E-state index in [0.29, 0.717) is 0 Å². The van der Waals surface area contributed by atoms with E-state index in [2.05, 4.69) is 17.9 Å². The monoisotopic (exact) mass is 185 g/mol. The van der Waals surface area contributed by atoms with Crippen LogP contribution in [0.2, 0.25) is 0 Å². The molecule has 1 N–H and O–H groups in total. The van der Waals surface area contributed by atoms with Gasteiger partial charge in [0.1, 0.15) is 5.82 Å². The first-order chi connectivity index (χ1) is 5.68. The fraction of sp³-hybridized carbons (Fsp3) is 0.333. The molecule has 0 aliphatic heterocycles. The highest BCUT2D eigenvalue weighted by molar-refractivity contribution is 7.80. The molecule has 1 unspecified atom stereocenters. The Morgan fingerprint density at radius 1 is 1.42 bits per heavy atom. The van der Waals surface area contributed by atoms with Gasteiger partial charge in [0.25, 0.3) is 0 Å². The molecule has 1 aromatic rings. The Labute approximate surface area is 77.4 Å². The van der Waals surface area contributed by atoms with Crippen LogP contribution in [0.3, 0.4) is 0 Å². The fourth-order valence-electron chi connectivity index (χ4n) is 0.868. The summed E-state index contributed by atoms with van der Waals surface area (Å²) < 4.78 is 12.5. The quantitative estimate of drug-likeness (QED) is 0.543. The predicted octanol–water partition coefficient (Wildman–Crippen LogP) is 2.19. The van der Waals surface area contributed by atoms with Crippen molar-refractivity contribution >= 4 is 12.6 Å². The van der Waals surface area contributed by atoms with Gasteiger partial charge in [0.2, 0.25) is 0 Å². The second-order valence-electron chi connectivity index (χ2n) is 2.68. The summed E-state index contributed by atoms with van der Waals surface area (Å²) in [5, 5.41) is 3.29. The third-order valence-electron chi connectivity index (χ3n) is 1.51. The molecule has 0 bridgehead atoms. The van der Waals surface area contributed by atoms with Crippen molar-refractivity contribution in [2.24, 2.45) is 0 Å². The average molecular weight is 185 g/mol. The SMILES string of the molecule is CC(S)NCc1ccc(F)cc1. The van der Waals surface area contributed by atoms with Crippen LogP contribution in [0, 0.1) is 5.82 Å². The molecule has 0 amide bonds. The number of nitrogens with one attached hydrogen (secondary N) is 1. The van der Waals surface area contributed by atoms with E-state index in [4.69, 9.17) is 0 Å². The number of rotatable bonds is 3. The van der Waals surface area contributed by atoms with Crippen molar-refractivity contribution in [2.45, 2.75) is 18.8 Å². The summed E-state index contributed by atoms with van der Waals surface area (Å²) in [6.45, 7) is 2.68. The Hall–Kier alpha value is -0.540. The van der Waals surface area contributed by atoms with Crippen LogP contribution in [0.1, 0.15) is 12.5 Å². The minimum absolute atomic E-state index is 0.162. The van der Waals surface area contributed by atoms with Crippen molar-refractivity contribution in [1.29, 1.82) is 0 Å². The zero-order valence-electron chi connectivity index (χ0n) is 6.92. The Morgan fingerprint density at radius 3 is 2.50 bits per heavy atom. The lowest BCUT2D eigenvalue weighted by atomic mass is 10.2. The molecule has 0 heterocycles. The molecule has 0 aromatic heterocycles. The van der Waals surface area contributed by atoms with Crippen LogP contribution in [-0.2, 0) is 6.54 Å². The van der Waals surface area contributed by atoms with E-state index in [-0.39, 0.29) is 11.2 Å². The zero-order chi connectivity index (χ0) is 8.97. The van der Waals surface area contributed by atoms with E-state index in [1.165, 1.54) is 12.1 Å². The van der Waals surface area contributed by atoms with Crippen LogP contribution >= 0.6 is 12.6 Å². The van der Waals surface area contributed by atoms with Gasteiger partial charge in [0.15, 0.2) is 0 Å². The van der Waals surface area contributed by atoms with Crippen LogP contribution < -0.4 is 5.32 Å². The van der Waals surface area contributed by atoms with Crippen molar-refractivity contribution in [3.8, 4) is 0 Å². The number of thiol groups is 1. The molecule has 1 nitrogen and oxygen atoms in total. The smallest absolute Gasteiger partial charge is 0.123 e. The highest BCUT2D eigenvalue weighted by atomic mass is 32.1. The van der Waals surface area contributed by atoms with Gasteiger partial charge in [-0.05, 0) is 24.6 Å². The van der Waals surface area contributed by atoms with Crippen LogP contribution in [0.5, 0.6) is 0 Å². The lowest BCUT2D eigenvalue weighted by Crippen LogP contribution is -2.19. The minimum atomic E-state index is -0.197. The van der Waals surface area contributed by atoms with Gasteiger partial charge in [0, 0.05) is 11.9 Å². The molecule has 1 aromatic carbocycles. The van der Waals surface area contributed by atoms with E-state index in [1.807, 2.05) is 6.92 Å². The lowest BCUT2D eigenvalue weighted by molar-refractivity contribution is 0.625. The Kier molecular flexibility index (Phi) is 3.56. The van der Waals surface area contributed by atoms with Crippen LogP contribution in [0.15, 0.2) is 24.3 Å². The first-order valence-corrected chi connectivity index (χ1v) is 4.36. The summed E-state index contributed by atoms with van der Waals surface area (Å²) in [6, 6.07) is 6.44. The lowest BCUT2D eigenvalue weighted by Gasteiger charge is -2.06. The molecule has 3 heteroatoms. The van der Waals surface area contributed by atoms with Crippen molar-refractivity contribution in [3.05, 3.63) is 35.6 Å². The van der Waals surface area contributed by atoms with Gasteiger partial charge in [-0.15, -0.1) is 0 Å². The predicted molar refractivity (Wildman–Crippen MR) is 51.7 cm³/mol. The standard InChI is InChI=1S/C9H12FNS/c1-7(12)11-6-8-2-4-9(10)5-3-8/h2-5,7,11-12H,6H2,1H3. The third kappa shape index (κ3) is 3.24. The van der Waals surface area contributed by atoms with Crippen LogP contribution in [-0.4, -0.2) is 5.37 Å². The second kappa shape index (κ2) is 4.48. The molecule has 0 fully saturated rings. The Morgan fingerprint density at radius 2 is 2.00 bits per heavy atom. The fourth-order valence-corrected chi connectivity index (χ4v) is 0.959.